The number of rotatable bonds is 5. The first kappa shape index (κ1) is 19.6. The monoisotopic (exact) mass is 376 g/mol. The van der Waals surface area contributed by atoms with Crippen LogP contribution in [0.25, 0.3) is 0 Å². The van der Waals surface area contributed by atoms with Gasteiger partial charge in [0.25, 0.3) is 0 Å². The Morgan fingerprint density at radius 3 is 2.70 bits per heavy atom. The van der Waals surface area contributed by atoms with E-state index in [2.05, 4.69) is 17.3 Å². The molecule has 3 rings (SSSR count). The summed E-state index contributed by atoms with van der Waals surface area (Å²) in [6.07, 6.45) is 3.43. The number of likely N-dealkylation sites (tertiary alicyclic amines) is 1. The summed E-state index contributed by atoms with van der Waals surface area (Å²) >= 11 is 0. The Morgan fingerprint density at radius 2 is 2.00 bits per heavy atom. The molecule has 6 nitrogen and oxygen atoms in total. The number of carbonyl (C=O) groups is 2. The Bertz CT molecular complexity index is 652. The average molecular weight is 376 g/mol. The topological polar surface area (TPSA) is 55.9 Å². The lowest BCUT2D eigenvalue weighted by atomic mass is 9.95. The zero-order valence-corrected chi connectivity index (χ0v) is 16.0. The zero-order chi connectivity index (χ0) is 19.2. The van der Waals surface area contributed by atoms with Gasteiger partial charge in [0.15, 0.2) is 0 Å². The van der Waals surface area contributed by atoms with Crippen molar-refractivity contribution in [2.45, 2.75) is 25.8 Å². The second-order valence-electron chi connectivity index (χ2n) is 7.65. The number of piperazine rings is 1. The Kier molecular flexibility index (Phi) is 6.66. The lowest BCUT2D eigenvalue weighted by Crippen LogP contribution is -2.54. The third kappa shape index (κ3) is 5.66. The maximum Gasteiger partial charge on any atom is 0.317 e. The highest BCUT2D eigenvalue weighted by Crippen LogP contribution is 2.17. The summed E-state index contributed by atoms with van der Waals surface area (Å²) in [6.45, 7) is 4.47. The summed E-state index contributed by atoms with van der Waals surface area (Å²) in [6, 6.07) is 6.00. The Morgan fingerprint density at radius 1 is 1.22 bits per heavy atom. The summed E-state index contributed by atoms with van der Waals surface area (Å²) < 4.78 is 13.0. The summed E-state index contributed by atoms with van der Waals surface area (Å²) in [5, 5.41) is 2.96. The van der Waals surface area contributed by atoms with E-state index in [1.165, 1.54) is 25.0 Å². The van der Waals surface area contributed by atoms with Crippen molar-refractivity contribution in [2.24, 2.45) is 5.92 Å². The standard InChI is InChI=1S/C20H29FN4O2/c1-23-10-2-3-16(13-23)8-9-22-20(27)25-12-11-24(19(26)15-25)14-17-4-6-18(21)7-5-17/h4-7,16H,2-3,8-15H2,1H3,(H,22,27)/t16-/m1/s1. The van der Waals surface area contributed by atoms with E-state index in [1.807, 2.05) is 0 Å². The molecule has 2 heterocycles. The van der Waals surface area contributed by atoms with Gasteiger partial charge in [-0.2, -0.15) is 0 Å². The number of benzene rings is 1. The number of hydrogen-bond acceptors (Lipinski definition) is 3. The highest BCUT2D eigenvalue weighted by molar-refractivity contribution is 5.85. The highest BCUT2D eigenvalue weighted by Gasteiger charge is 2.27. The van der Waals surface area contributed by atoms with E-state index in [1.54, 1.807) is 21.9 Å². The van der Waals surface area contributed by atoms with Crippen LogP contribution in [0.15, 0.2) is 24.3 Å². The Labute approximate surface area is 160 Å². The largest absolute Gasteiger partial charge is 0.338 e. The predicted molar refractivity (Wildman–Crippen MR) is 102 cm³/mol. The van der Waals surface area contributed by atoms with Crippen molar-refractivity contribution in [3.05, 3.63) is 35.6 Å². The number of urea groups is 1. The smallest absolute Gasteiger partial charge is 0.317 e. The maximum atomic E-state index is 13.0. The van der Waals surface area contributed by atoms with Gasteiger partial charge < -0.3 is 20.0 Å². The second kappa shape index (κ2) is 9.17. The van der Waals surface area contributed by atoms with E-state index in [0.29, 0.717) is 32.1 Å². The maximum absolute atomic E-state index is 13.0. The minimum absolute atomic E-state index is 0.0744. The zero-order valence-electron chi connectivity index (χ0n) is 16.0. The first-order chi connectivity index (χ1) is 13.0. The SMILES string of the molecule is CN1CCC[C@H](CCNC(=O)N2CCN(Cc3ccc(F)cc3)C(=O)C2)C1. The fourth-order valence-corrected chi connectivity index (χ4v) is 3.86. The van der Waals surface area contributed by atoms with Crippen LogP contribution in [0.1, 0.15) is 24.8 Å². The first-order valence-electron chi connectivity index (χ1n) is 9.75. The van der Waals surface area contributed by atoms with Crippen LogP contribution in [0.5, 0.6) is 0 Å². The number of halogens is 1. The van der Waals surface area contributed by atoms with Gasteiger partial charge in [0, 0.05) is 32.7 Å². The van der Waals surface area contributed by atoms with Crippen LogP contribution >= 0.6 is 0 Å². The van der Waals surface area contributed by atoms with E-state index in [-0.39, 0.29) is 24.3 Å². The van der Waals surface area contributed by atoms with E-state index in [9.17, 15) is 14.0 Å². The van der Waals surface area contributed by atoms with Crippen molar-refractivity contribution in [1.82, 2.24) is 20.0 Å². The second-order valence-corrected chi connectivity index (χ2v) is 7.65. The molecule has 0 radical (unpaired) electrons. The van der Waals surface area contributed by atoms with Gasteiger partial charge in [-0.1, -0.05) is 12.1 Å². The fraction of sp³-hybridized carbons (Fsp3) is 0.600. The van der Waals surface area contributed by atoms with E-state index >= 15 is 0 Å². The van der Waals surface area contributed by atoms with Crippen LogP contribution in [0.3, 0.4) is 0 Å². The van der Waals surface area contributed by atoms with Crippen LogP contribution in [0.4, 0.5) is 9.18 Å². The molecule has 2 aliphatic rings. The summed E-state index contributed by atoms with van der Waals surface area (Å²) in [5.41, 5.74) is 0.889. The highest BCUT2D eigenvalue weighted by atomic mass is 19.1. The third-order valence-corrected chi connectivity index (χ3v) is 5.44. The summed E-state index contributed by atoms with van der Waals surface area (Å²) in [4.78, 5) is 30.3. The molecule has 2 fully saturated rings. The van der Waals surface area contributed by atoms with E-state index in [0.717, 1.165) is 25.1 Å². The quantitative estimate of drug-likeness (QED) is 0.854. The Hall–Kier alpha value is -2.15. The summed E-state index contributed by atoms with van der Waals surface area (Å²) in [7, 11) is 2.14. The minimum Gasteiger partial charge on any atom is -0.338 e. The molecular formula is C20H29FN4O2. The van der Waals surface area contributed by atoms with Crippen LogP contribution in [0.2, 0.25) is 0 Å². The average Bonchev–Trinajstić information content (AvgIpc) is 2.65. The fourth-order valence-electron chi connectivity index (χ4n) is 3.86. The number of amides is 3. The van der Waals surface area contributed by atoms with Crippen molar-refractivity contribution in [2.75, 3.05) is 46.3 Å². The van der Waals surface area contributed by atoms with Crippen LogP contribution < -0.4 is 5.32 Å². The predicted octanol–water partition coefficient (Wildman–Crippen LogP) is 1.91. The molecule has 27 heavy (non-hydrogen) atoms. The molecule has 7 heteroatoms. The number of carbonyl (C=O) groups excluding carboxylic acids is 2. The molecule has 0 spiro atoms. The molecule has 1 N–H and O–H groups in total. The molecule has 3 amide bonds. The Balaban J connectivity index is 1.39. The molecule has 148 valence electrons. The van der Waals surface area contributed by atoms with Crippen molar-refractivity contribution in [3.8, 4) is 0 Å². The number of nitrogens with zero attached hydrogens (tertiary/aromatic N) is 3. The number of hydrogen-bond donors (Lipinski definition) is 1. The molecule has 0 aliphatic carbocycles. The first-order valence-corrected chi connectivity index (χ1v) is 9.75. The van der Waals surface area contributed by atoms with Crippen LogP contribution in [-0.4, -0.2) is 73.0 Å². The van der Waals surface area contributed by atoms with Crippen LogP contribution in [-0.2, 0) is 11.3 Å². The van der Waals surface area contributed by atoms with Gasteiger partial charge in [-0.05, 0) is 56.5 Å². The molecular weight excluding hydrogens is 347 g/mol. The molecule has 0 aromatic heterocycles. The normalized spacial score (nSPS) is 21.4. The van der Waals surface area contributed by atoms with Gasteiger partial charge in [-0.15, -0.1) is 0 Å². The minimum atomic E-state index is -0.286. The third-order valence-electron chi connectivity index (χ3n) is 5.44. The lowest BCUT2D eigenvalue weighted by Gasteiger charge is -2.34. The molecule has 1 aromatic rings. The van der Waals surface area contributed by atoms with Gasteiger partial charge >= 0.3 is 6.03 Å². The molecule has 0 saturated carbocycles. The van der Waals surface area contributed by atoms with Crippen molar-refractivity contribution >= 4 is 11.9 Å². The van der Waals surface area contributed by atoms with E-state index < -0.39 is 0 Å². The van der Waals surface area contributed by atoms with Crippen molar-refractivity contribution in [3.63, 3.8) is 0 Å². The molecule has 0 unspecified atom stereocenters. The van der Waals surface area contributed by atoms with Crippen LogP contribution in [0, 0.1) is 11.7 Å². The van der Waals surface area contributed by atoms with Gasteiger partial charge in [0.1, 0.15) is 12.4 Å². The molecule has 2 aliphatic heterocycles. The van der Waals surface area contributed by atoms with Gasteiger partial charge in [-0.3, -0.25) is 4.79 Å². The van der Waals surface area contributed by atoms with E-state index in [4.69, 9.17) is 0 Å². The van der Waals surface area contributed by atoms with Crippen molar-refractivity contribution < 1.29 is 14.0 Å². The number of nitrogens with one attached hydrogen (secondary N) is 1. The molecule has 1 aromatic carbocycles. The van der Waals surface area contributed by atoms with Gasteiger partial charge in [0.2, 0.25) is 5.91 Å². The molecule has 0 bridgehead atoms. The lowest BCUT2D eigenvalue weighted by molar-refractivity contribution is -0.135. The van der Waals surface area contributed by atoms with Gasteiger partial charge in [0.05, 0.1) is 0 Å². The summed E-state index contributed by atoms with van der Waals surface area (Å²) in [5.74, 6) is 0.277. The molecule has 1 atom stereocenters. The van der Waals surface area contributed by atoms with Gasteiger partial charge in [-0.25, -0.2) is 9.18 Å². The molecule has 2 saturated heterocycles. The number of piperidine rings is 1. The van der Waals surface area contributed by atoms with Crippen molar-refractivity contribution in [1.29, 1.82) is 0 Å².